The van der Waals surface area contributed by atoms with Crippen LogP contribution in [0.1, 0.15) is 11.4 Å². The first-order valence-electron chi connectivity index (χ1n) is 5.87. The lowest BCUT2D eigenvalue weighted by Gasteiger charge is -2.06. The van der Waals surface area contributed by atoms with E-state index in [0.29, 0.717) is 22.9 Å². The summed E-state index contributed by atoms with van der Waals surface area (Å²) in [5.41, 5.74) is 1.71. The van der Waals surface area contributed by atoms with Crippen LogP contribution in [0.25, 0.3) is 5.65 Å². The molecule has 0 amide bonds. The first kappa shape index (κ1) is 13.1. The Kier molecular flexibility index (Phi) is 3.19. The van der Waals surface area contributed by atoms with Crippen LogP contribution in [0.2, 0.25) is 5.02 Å². The van der Waals surface area contributed by atoms with Crippen molar-refractivity contribution in [2.75, 3.05) is 0 Å². The molecule has 5 nitrogen and oxygen atoms in total. The molecule has 7 heteroatoms. The number of aromatic nitrogens is 3. The van der Waals surface area contributed by atoms with E-state index in [1.54, 1.807) is 22.1 Å². The second kappa shape index (κ2) is 4.88. The Morgan fingerprint density at radius 1 is 1.35 bits per heavy atom. The Hall–Kier alpha value is -1.92. The molecule has 3 rings (SSSR count). The van der Waals surface area contributed by atoms with Crippen LogP contribution in [0.4, 0.5) is 0 Å². The van der Waals surface area contributed by atoms with Gasteiger partial charge >= 0.3 is 4.87 Å². The van der Waals surface area contributed by atoms with Crippen molar-refractivity contribution >= 4 is 28.6 Å². The van der Waals surface area contributed by atoms with Crippen LogP contribution in [-0.4, -0.2) is 14.0 Å². The highest BCUT2D eigenvalue weighted by atomic mass is 35.5. The van der Waals surface area contributed by atoms with Crippen LogP contribution in [-0.2, 0) is 6.54 Å². The van der Waals surface area contributed by atoms with E-state index < -0.39 is 0 Å². The van der Waals surface area contributed by atoms with Crippen molar-refractivity contribution in [1.82, 2.24) is 14.0 Å². The van der Waals surface area contributed by atoms with Gasteiger partial charge in [-0.15, -0.1) is 0 Å². The van der Waals surface area contributed by atoms with E-state index in [1.807, 2.05) is 6.92 Å². The Morgan fingerprint density at radius 3 is 2.85 bits per heavy atom. The number of nitrogens with zero attached hydrogens (tertiary/aromatic N) is 3. The third-order valence-electron chi connectivity index (χ3n) is 2.97. The topological polar surface area (TPSA) is 56.4 Å². The molecular weight excluding hydrogens is 298 g/mol. The molecule has 20 heavy (non-hydrogen) atoms. The van der Waals surface area contributed by atoms with Crippen molar-refractivity contribution in [1.29, 1.82) is 0 Å². The van der Waals surface area contributed by atoms with E-state index in [1.165, 1.54) is 16.7 Å². The Labute approximate surface area is 122 Å². The Balaban J connectivity index is 2.12. The molecule has 0 N–H and O–H groups in total. The van der Waals surface area contributed by atoms with E-state index in [0.717, 1.165) is 17.0 Å². The number of hydrogen-bond donors (Lipinski definition) is 0. The number of rotatable bonds is 2. The van der Waals surface area contributed by atoms with Gasteiger partial charge in [0.05, 0.1) is 17.3 Å². The van der Waals surface area contributed by atoms with Crippen LogP contribution in [0.5, 0.6) is 0 Å². The minimum absolute atomic E-state index is 0.0550. The molecule has 0 radical (unpaired) electrons. The average molecular weight is 308 g/mol. The summed E-state index contributed by atoms with van der Waals surface area (Å²) in [5, 5.41) is 2.26. The number of halogens is 1. The van der Waals surface area contributed by atoms with Crippen molar-refractivity contribution in [3.8, 4) is 0 Å². The number of pyridine rings is 1. The zero-order valence-corrected chi connectivity index (χ0v) is 12.1. The van der Waals surface area contributed by atoms with Crippen molar-refractivity contribution < 1.29 is 0 Å². The van der Waals surface area contributed by atoms with Gasteiger partial charge in [0.1, 0.15) is 5.65 Å². The number of fused-ring (bicyclic) bond motifs is 1. The Bertz CT molecular complexity index is 910. The monoisotopic (exact) mass is 307 g/mol. The number of aryl methyl sites for hydroxylation is 1. The molecule has 0 saturated carbocycles. The van der Waals surface area contributed by atoms with Gasteiger partial charge in [0, 0.05) is 23.3 Å². The summed E-state index contributed by atoms with van der Waals surface area (Å²) in [7, 11) is 0. The molecule has 3 aromatic heterocycles. The molecule has 0 aliphatic heterocycles. The summed E-state index contributed by atoms with van der Waals surface area (Å²) >= 11 is 6.99. The summed E-state index contributed by atoms with van der Waals surface area (Å²) in [4.78, 5) is 28.0. The summed E-state index contributed by atoms with van der Waals surface area (Å²) in [6.45, 7) is 2.15. The maximum absolute atomic E-state index is 12.0. The van der Waals surface area contributed by atoms with Gasteiger partial charge in [0.25, 0.3) is 5.56 Å². The molecule has 0 atom stereocenters. The summed E-state index contributed by atoms with van der Waals surface area (Å²) in [6, 6.07) is 4.78. The Morgan fingerprint density at radius 2 is 2.15 bits per heavy atom. The highest BCUT2D eigenvalue weighted by Crippen LogP contribution is 2.09. The third kappa shape index (κ3) is 2.28. The zero-order valence-electron chi connectivity index (χ0n) is 10.5. The molecule has 3 aromatic rings. The molecule has 0 fully saturated rings. The summed E-state index contributed by atoms with van der Waals surface area (Å²) in [6.07, 6.45) is 1.53. The van der Waals surface area contributed by atoms with Gasteiger partial charge in [-0.1, -0.05) is 22.9 Å². The van der Waals surface area contributed by atoms with Gasteiger partial charge in [-0.05, 0) is 19.1 Å². The maximum Gasteiger partial charge on any atom is 0.307 e. The van der Waals surface area contributed by atoms with Gasteiger partial charge in [-0.3, -0.25) is 18.6 Å². The number of hydrogen-bond acceptors (Lipinski definition) is 4. The second-order valence-electron chi connectivity index (χ2n) is 4.39. The summed E-state index contributed by atoms with van der Waals surface area (Å²) < 4.78 is 2.98. The van der Waals surface area contributed by atoms with Crippen molar-refractivity contribution in [2.24, 2.45) is 0 Å². The van der Waals surface area contributed by atoms with Gasteiger partial charge in [0.15, 0.2) is 0 Å². The lowest BCUT2D eigenvalue weighted by molar-refractivity contribution is 0.732. The largest absolute Gasteiger partial charge is 0.307 e. The van der Waals surface area contributed by atoms with Gasteiger partial charge < -0.3 is 0 Å². The van der Waals surface area contributed by atoms with Crippen molar-refractivity contribution in [3.05, 3.63) is 66.2 Å². The third-order valence-corrected chi connectivity index (χ3v) is 4.08. The molecule has 0 spiro atoms. The fourth-order valence-corrected chi connectivity index (χ4v) is 2.86. The lowest BCUT2D eigenvalue weighted by Crippen LogP contribution is -2.20. The SMILES string of the molecule is Cc1csc(=O)n1Cc1cc(=O)n2cc(Cl)ccc2n1. The van der Waals surface area contributed by atoms with Crippen LogP contribution in [0, 0.1) is 6.92 Å². The average Bonchev–Trinajstić information content (AvgIpc) is 2.72. The molecular formula is C13H10ClN3O2S. The van der Waals surface area contributed by atoms with Crippen LogP contribution in [0.15, 0.2) is 39.4 Å². The molecule has 0 aliphatic rings. The first-order chi connectivity index (χ1) is 9.54. The molecule has 0 aromatic carbocycles. The zero-order chi connectivity index (χ0) is 14.3. The molecule has 102 valence electrons. The van der Waals surface area contributed by atoms with Gasteiger partial charge in [-0.25, -0.2) is 4.98 Å². The smallest absolute Gasteiger partial charge is 0.297 e. The molecule has 0 saturated heterocycles. The normalized spacial score (nSPS) is 11.1. The molecule has 0 bridgehead atoms. The fraction of sp³-hybridized carbons (Fsp3) is 0.154. The molecule has 0 unspecified atom stereocenters. The minimum atomic E-state index is -0.214. The fourth-order valence-electron chi connectivity index (χ4n) is 1.97. The number of thiazole rings is 1. The lowest BCUT2D eigenvalue weighted by atomic mass is 10.3. The van der Waals surface area contributed by atoms with Crippen LogP contribution in [0.3, 0.4) is 0 Å². The maximum atomic E-state index is 12.0. The van der Waals surface area contributed by atoms with Gasteiger partial charge in [0.2, 0.25) is 0 Å². The molecule has 0 aliphatic carbocycles. The highest BCUT2D eigenvalue weighted by molar-refractivity contribution is 7.07. The van der Waals surface area contributed by atoms with Crippen molar-refractivity contribution in [3.63, 3.8) is 0 Å². The quantitative estimate of drug-likeness (QED) is 0.727. The highest BCUT2D eigenvalue weighted by Gasteiger charge is 2.07. The summed E-state index contributed by atoms with van der Waals surface area (Å²) in [5.74, 6) is 0. The first-order valence-corrected chi connectivity index (χ1v) is 7.13. The van der Waals surface area contributed by atoms with E-state index in [4.69, 9.17) is 11.6 Å². The van der Waals surface area contributed by atoms with Crippen LogP contribution < -0.4 is 10.4 Å². The predicted molar refractivity (Wildman–Crippen MR) is 78.9 cm³/mol. The minimum Gasteiger partial charge on any atom is -0.297 e. The van der Waals surface area contributed by atoms with E-state index in [-0.39, 0.29) is 10.4 Å². The van der Waals surface area contributed by atoms with E-state index in [9.17, 15) is 9.59 Å². The van der Waals surface area contributed by atoms with Crippen molar-refractivity contribution in [2.45, 2.75) is 13.5 Å². The van der Waals surface area contributed by atoms with E-state index in [2.05, 4.69) is 4.98 Å². The predicted octanol–water partition coefficient (Wildman–Crippen LogP) is 1.93. The van der Waals surface area contributed by atoms with Crippen LogP contribution >= 0.6 is 22.9 Å². The van der Waals surface area contributed by atoms with Gasteiger partial charge in [-0.2, -0.15) is 0 Å². The van der Waals surface area contributed by atoms with E-state index >= 15 is 0 Å². The second-order valence-corrected chi connectivity index (χ2v) is 5.65. The standard InChI is InChI=1S/C13H10ClN3O2S/c1-8-7-20-13(19)16(8)6-10-4-12(18)17-5-9(14)2-3-11(17)15-10/h2-5,7H,6H2,1H3. The molecule has 3 heterocycles.